The van der Waals surface area contributed by atoms with Gasteiger partial charge in [-0.3, -0.25) is 4.79 Å². The highest BCUT2D eigenvalue weighted by Crippen LogP contribution is 2.32. The summed E-state index contributed by atoms with van der Waals surface area (Å²) < 4.78 is 9.99. The van der Waals surface area contributed by atoms with Crippen LogP contribution in [-0.2, 0) is 16.0 Å². The number of hydrogen-bond donors (Lipinski definition) is 1. The Morgan fingerprint density at radius 1 is 1.29 bits per heavy atom. The molecule has 0 aliphatic heterocycles. The van der Waals surface area contributed by atoms with E-state index < -0.39 is 18.5 Å². The van der Waals surface area contributed by atoms with Crippen molar-refractivity contribution in [2.24, 2.45) is 0 Å². The van der Waals surface area contributed by atoms with E-state index in [1.165, 1.54) is 0 Å². The number of anilines is 1. The maximum absolute atomic E-state index is 12.1. The number of amides is 1. The molecule has 0 bridgehead atoms. The number of ether oxygens (including phenoxy) is 1. The third kappa shape index (κ3) is 3.88. The molecule has 6 nitrogen and oxygen atoms in total. The molecule has 0 saturated heterocycles. The summed E-state index contributed by atoms with van der Waals surface area (Å²) in [6.07, 6.45) is 0.516. The van der Waals surface area contributed by atoms with Crippen molar-refractivity contribution in [2.75, 3.05) is 11.9 Å². The van der Waals surface area contributed by atoms with Gasteiger partial charge in [0.1, 0.15) is 11.3 Å². The summed E-state index contributed by atoms with van der Waals surface area (Å²) in [5.74, 6) is -0.867. The van der Waals surface area contributed by atoms with E-state index in [2.05, 4.69) is 10.5 Å². The highest BCUT2D eigenvalue weighted by atomic mass is 35.5. The zero-order chi connectivity index (χ0) is 17.9. The van der Waals surface area contributed by atoms with Gasteiger partial charge in [-0.1, -0.05) is 41.3 Å². The van der Waals surface area contributed by atoms with Gasteiger partial charge in [0.2, 0.25) is 0 Å². The Morgan fingerprint density at radius 3 is 2.67 bits per heavy atom. The quantitative estimate of drug-likeness (QED) is 0.805. The Kier molecular flexibility index (Phi) is 5.85. The van der Waals surface area contributed by atoms with E-state index in [0.29, 0.717) is 27.9 Å². The largest absolute Gasteiger partial charge is 0.452 e. The average molecular weight is 371 g/mol. The van der Waals surface area contributed by atoms with Gasteiger partial charge in [-0.15, -0.1) is 0 Å². The molecule has 0 saturated carbocycles. The summed E-state index contributed by atoms with van der Waals surface area (Å²) in [5.41, 5.74) is 1.79. The molecule has 1 amide bonds. The van der Waals surface area contributed by atoms with Crippen LogP contribution in [0, 0.1) is 13.8 Å². The van der Waals surface area contributed by atoms with Gasteiger partial charge in [-0.05, 0) is 31.9 Å². The normalized spacial score (nSPS) is 10.5. The summed E-state index contributed by atoms with van der Waals surface area (Å²) in [7, 11) is 0. The van der Waals surface area contributed by atoms with Crippen LogP contribution in [-0.4, -0.2) is 23.6 Å². The lowest BCUT2D eigenvalue weighted by Crippen LogP contribution is -2.22. The van der Waals surface area contributed by atoms with Crippen molar-refractivity contribution in [3.63, 3.8) is 0 Å². The number of hydrogen-bond acceptors (Lipinski definition) is 5. The van der Waals surface area contributed by atoms with Gasteiger partial charge in [0.25, 0.3) is 5.91 Å². The predicted molar refractivity (Wildman–Crippen MR) is 90.7 cm³/mol. The molecule has 0 unspecified atom stereocenters. The smallest absolute Gasteiger partial charge is 0.344 e. The van der Waals surface area contributed by atoms with E-state index in [9.17, 15) is 9.59 Å². The Hall–Kier alpha value is -2.05. The first-order valence-corrected chi connectivity index (χ1v) is 7.97. The first-order valence-electron chi connectivity index (χ1n) is 7.21. The van der Waals surface area contributed by atoms with Crippen molar-refractivity contribution in [3.05, 3.63) is 44.8 Å². The van der Waals surface area contributed by atoms with Crippen molar-refractivity contribution >= 4 is 40.8 Å². The molecule has 1 N–H and O–H groups in total. The van der Waals surface area contributed by atoms with Gasteiger partial charge >= 0.3 is 5.97 Å². The molecular formula is C16H16Cl2N2O4. The van der Waals surface area contributed by atoms with Gasteiger partial charge < -0.3 is 14.6 Å². The molecule has 1 aromatic carbocycles. The van der Waals surface area contributed by atoms with Crippen LogP contribution >= 0.6 is 23.2 Å². The van der Waals surface area contributed by atoms with E-state index >= 15 is 0 Å². The maximum Gasteiger partial charge on any atom is 0.344 e. The van der Waals surface area contributed by atoms with Gasteiger partial charge in [0.05, 0.1) is 21.4 Å². The molecule has 2 aromatic rings. The fourth-order valence-electron chi connectivity index (χ4n) is 2.07. The van der Waals surface area contributed by atoms with Gasteiger partial charge in [0, 0.05) is 0 Å². The topological polar surface area (TPSA) is 81.4 Å². The molecule has 1 aromatic heterocycles. The maximum atomic E-state index is 12.1. The Labute approximate surface area is 149 Å². The van der Waals surface area contributed by atoms with Crippen LogP contribution in [0.15, 0.2) is 16.7 Å². The monoisotopic (exact) mass is 370 g/mol. The second kappa shape index (κ2) is 7.68. The molecule has 8 heteroatoms. The number of rotatable bonds is 5. The molecule has 24 heavy (non-hydrogen) atoms. The Balaban J connectivity index is 2.03. The summed E-state index contributed by atoms with van der Waals surface area (Å²) in [5, 5.41) is 6.95. The van der Waals surface area contributed by atoms with Crippen molar-refractivity contribution in [1.82, 2.24) is 5.16 Å². The lowest BCUT2D eigenvalue weighted by molar-refractivity contribution is -0.119. The molecule has 0 atom stereocenters. The molecule has 128 valence electrons. The van der Waals surface area contributed by atoms with Gasteiger partial charge in [-0.2, -0.15) is 0 Å². The molecule has 0 aliphatic rings. The number of carbonyl (C=O) groups excluding carboxylic acids is 2. The van der Waals surface area contributed by atoms with Crippen molar-refractivity contribution < 1.29 is 18.8 Å². The Bertz CT molecular complexity index is 787. The highest BCUT2D eigenvalue weighted by molar-refractivity contribution is 6.40. The number of halogens is 2. The standard InChI is InChI=1S/C16H16Cl2N2O4/c1-4-11-13(9(3)24-20-11)16(22)23-7-12(21)19-15-10(17)6-5-8(2)14(15)18/h5-6H,4,7H2,1-3H3,(H,19,21). The predicted octanol–water partition coefficient (Wildman–Crippen LogP) is 3.96. The third-order valence-corrected chi connectivity index (χ3v) is 4.16. The SMILES string of the molecule is CCc1noc(C)c1C(=O)OCC(=O)Nc1c(Cl)ccc(C)c1Cl. The van der Waals surface area contributed by atoms with Crippen LogP contribution in [0.2, 0.25) is 10.0 Å². The fourth-order valence-corrected chi connectivity index (χ4v) is 2.54. The first kappa shape index (κ1) is 18.3. The van der Waals surface area contributed by atoms with Crippen molar-refractivity contribution in [3.8, 4) is 0 Å². The third-order valence-electron chi connectivity index (χ3n) is 3.36. The minimum Gasteiger partial charge on any atom is -0.452 e. The Morgan fingerprint density at radius 2 is 2.00 bits per heavy atom. The van der Waals surface area contributed by atoms with Crippen LogP contribution in [0.25, 0.3) is 0 Å². The number of aryl methyl sites for hydroxylation is 3. The summed E-state index contributed by atoms with van der Waals surface area (Å²) in [6, 6.07) is 3.36. The van der Waals surface area contributed by atoms with Crippen LogP contribution < -0.4 is 5.32 Å². The van der Waals surface area contributed by atoms with Crippen LogP contribution in [0.3, 0.4) is 0 Å². The number of nitrogens with zero attached hydrogens (tertiary/aromatic N) is 1. The zero-order valence-corrected chi connectivity index (χ0v) is 14.9. The van der Waals surface area contributed by atoms with E-state index in [-0.39, 0.29) is 11.3 Å². The zero-order valence-electron chi connectivity index (χ0n) is 13.4. The molecule has 2 rings (SSSR count). The van der Waals surface area contributed by atoms with E-state index in [4.69, 9.17) is 32.5 Å². The average Bonchev–Trinajstić information content (AvgIpc) is 2.93. The van der Waals surface area contributed by atoms with Gasteiger partial charge in [0.15, 0.2) is 6.61 Å². The van der Waals surface area contributed by atoms with Crippen molar-refractivity contribution in [1.29, 1.82) is 0 Å². The summed E-state index contributed by atoms with van der Waals surface area (Å²) in [6.45, 7) is 4.75. The molecule has 0 spiro atoms. The second-order valence-electron chi connectivity index (χ2n) is 5.09. The minimum absolute atomic E-state index is 0.247. The number of carbonyl (C=O) groups is 2. The second-order valence-corrected chi connectivity index (χ2v) is 5.88. The lowest BCUT2D eigenvalue weighted by atomic mass is 10.1. The fraction of sp³-hybridized carbons (Fsp3) is 0.312. The van der Waals surface area contributed by atoms with E-state index in [0.717, 1.165) is 5.56 Å². The molecule has 0 aliphatic carbocycles. The summed E-state index contributed by atoms with van der Waals surface area (Å²) >= 11 is 12.1. The first-order chi connectivity index (χ1) is 11.3. The van der Waals surface area contributed by atoms with Crippen LogP contribution in [0.4, 0.5) is 5.69 Å². The number of aromatic nitrogens is 1. The molecular weight excluding hydrogens is 355 g/mol. The number of esters is 1. The lowest BCUT2D eigenvalue weighted by Gasteiger charge is -2.11. The van der Waals surface area contributed by atoms with Gasteiger partial charge in [-0.25, -0.2) is 4.79 Å². The van der Waals surface area contributed by atoms with E-state index in [1.54, 1.807) is 26.0 Å². The van der Waals surface area contributed by atoms with Crippen LogP contribution in [0.1, 0.15) is 34.3 Å². The van der Waals surface area contributed by atoms with E-state index in [1.807, 2.05) is 6.92 Å². The molecule has 0 radical (unpaired) electrons. The molecule has 0 fully saturated rings. The highest BCUT2D eigenvalue weighted by Gasteiger charge is 2.21. The summed E-state index contributed by atoms with van der Waals surface area (Å²) in [4.78, 5) is 24.1. The number of nitrogens with one attached hydrogen (secondary N) is 1. The van der Waals surface area contributed by atoms with Crippen LogP contribution in [0.5, 0.6) is 0 Å². The van der Waals surface area contributed by atoms with Crippen molar-refractivity contribution in [2.45, 2.75) is 27.2 Å². The minimum atomic E-state index is -0.665. The molecule has 1 heterocycles. The number of benzene rings is 1.